The number of carbonyl (C=O) groups is 3. The average molecular weight is 522 g/mol. The van der Waals surface area contributed by atoms with Gasteiger partial charge in [0.15, 0.2) is 11.6 Å². The lowest BCUT2D eigenvalue weighted by atomic mass is 10.1. The Morgan fingerprint density at radius 1 is 0.857 bits per heavy atom. The minimum Gasteiger partial charge on any atom is -0.478 e. The predicted octanol–water partition coefficient (Wildman–Crippen LogP) is 6.47. The molecule has 0 atom stereocenters. The second kappa shape index (κ2) is 13.1. The maximum atomic E-state index is 12.8. The standard InChI is InChI=1S/C10H6BrFO3.C8H6BrFO.2CH4/c11-7-5-6(1-2-8(7)12)9(13)3-4-10(14)15;1-5(11)6-2-3-8(10)7(9)4-6;;/h1-5H,(H,14,15);2-4H,1H3;2*1H4/b4-3+;;;. The molecule has 2 aromatic carbocycles. The highest BCUT2D eigenvalue weighted by atomic mass is 79.9. The molecule has 28 heavy (non-hydrogen) atoms. The van der Waals surface area contributed by atoms with Crippen LogP contribution >= 0.6 is 31.9 Å². The van der Waals surface area contributed by atoms with E-state index in [0.29, 0.717) is 10.0 Å². The van der Waals surface area contributed by atoms with Gasteiger partial charge in [-0.2, -0.15) is 0 Å². The monoisotopic (exact) mass is 520 g/mol. The van der Waals surface area contributed by atoms with Crippen molar-refractivity contribution in [3.8, 4) is 0 Å². The molecule has 0 saturated heterocycles. The van der Waals surface area contributed by atoms with Gasteiger partial charge in [0, 0.05) is 17.2 Å². The van der Waals surface area contributed by atoms with Crippen molar-refractivity contribution < 1.29 is 28.3 Å². The van der Waals surface area contributed by atoms with Crippen LogP contribution in [-0.2, 0) is 4.79 Å². The molecule has 8 heteroatoms. The first-order valence-electron chi connectivity index (χ1n) is 6.98. The second-order valence-corrected chi connectivity index (χ2v) is 6.56. The SMILES string of the molecule is C.C.CC(=O)c1ccc(F)c(Br)c1.O=C(O)/C=C/C(=O)c1ccc(F)c(Br)c1. The fourth-order valence-corrected chi connectivity index (χ4v) is 2.37. The van der Waals surface area contributed by atoms with Gasteiger partial charge in [0.2, 0.25) is 0 Å². The van der Waals surface area contributed by atoms with Crippen molar-refractivity contribution in [3.05, 3.63) is 80.3 Å². The van der Waals surface area contributed by atoms with Crippen molar-refractivity contribution in [1.82, 2.24) is 0 Å². The number of aliphatic carboxylic acids is 1. The van der Waals surface area contributed by atoms with E-state index in [0.717, 1.165) is 18.2 Å². The van der Waals surface area contributed by atoms with E-state index in [-0.39, 0.29) is 36.5 Å². The largest absolute Gasteiger partial charge is 0.478 e. The van der Waals surface area contributed by atoms with Crippen LogP contribution in [0.5, 0.6) is 0 Å². The summed E-state index contributed by atoms with van der Waals surface area (Å²) >= 11 is 5.91. The minimum atomic E-state index is -1.20. The third-order valence-corrected chi connectivity index (χ3v) is 4.12. The van der Waals surface area contributed by atoms with E-state index in [4.69, 9.17) is 5.11 Å². The van der Waals surface area contributed by atoms with Crippen LogP contribution in [0.3, 0.4) is 0 Å². The molecule has 0 bridgehead atoms. The zero-order chi connectivity index (χ0) is 19.9. The molecule has 0 aliphatic heterocycles. The van der Waals surface area contributed by atoms with Crippen molar-refractivity contribution >= 4 is 49.4 Å². The van der Waals surface area contributed by atoms with Gasteiger partial charge in [0.05, 0.1) is 8.95 Å². The van der Waals surface area contributed by atoms with Gasteiger partial charge in [-0.25, -0.2) is 13.6 Å². The molecule has 0 spiro atoms. The van der Waals surface area contributed by atoms with Crippen LogP contribution < -0.4 is 0 Å². The van der Waals surface area contributed by atoms with Crippen LogP contribution in [0.4, 0.5) is 8.78 Å². The number of ketones is 2. The Balaban J connectivity index is 0. The number of Topliss-reactive ketones (excluding diaryl/α,β-unsaturated/α-hetero) is 1. The molecule has 0 fully saturated rings. The van der Waals surface area contributed by atoms with Crippen molar-refractivity contribution in [2.45, 2.75) is 21.8 Å². The van der Waals surface area contributed by atoms with E-state index in [1.807, 2.05) is 0 Å². The zero-order valence-corrected chi connectivity index (χ0v) is 16.5. The number of benzene rings is 2. The first kappa shape index (κ1) is 28.0. The number of carbonyl (C=O) groups excluding carboxylic acids is 2. The molecular formula is C20H20Br2F2O4. The Morgan fingerprint density at radius 3 is 1.68 bits per heavy atom. The summed E-state index contributed by atoms with van der Waals surface area (Å²) in [6.45, 7) is 1.44. The Labute approximate surface area is 179 Å². The highest BCUT2D eigenvalue weighted by molar-refractivity contribution is 9.10. The number of hydrogen-bond acceptors (Lipinski definition) is 3. The topological polar surface area (TPSA) is 71.4 Å². The first-order valence-corrected chi connectivity index (χ1v) is 8.56. The highest BCUT2D eigenvalue weighted by Crippen LogP contribution is 2.18. The number of hydrogen-bond donors (Lipinski definition) is 1. The van der Waals surface area contributed by atoms with Crippen LogP contribution in [0.1, 0.15) is 42.5 Å². The Morgan fingerprint density at radius 2 is 1.29 bits per heavy atom. The van der Waals surface area contributed by atoms with E-state index in [2.05, 4.69) is 31.9 Å². The third-order valence-electron chi connectivity index (χ3n) is 2.91. The van der Waals surface area contributed by atoms with Crippen molar-refractivity contribution in [1.29, 1.82) is 0 Å². The predicted molar refractivity (Wildman–Crippen MR) is 113 cm³/mol. The third kappa shape index (κ3) is 9.14. The van der Waals surface area contributed by atoms with Crippen LogP contribution in [0, 0.1) is 11.6 Å². The highest BCUT2D eigenvalue weighted by Gasteiger charge is 2.06. The number of rotatable bonds is 4. The fourth-order valence-electron chi connectivity index (χ4n) is 1.61. The number of halogens is 4. The lowest BCUT2D eigenvalue weighted by molar-refractivity contribution is -0.131. The molecule has 0 saturated carbocycles. The average Bonchev–Trinajstić information content (AvgIpc) is 2.58. The Bertz CT molecular complexity index is 881. The molecule has 0 radical (unpaired) electrons. The number of carboxylic acids is 1. The van der Waals surface area contributed by atoms with E-state index >= 15 is 0 Å². The maximum Gasteiger partial charge on any atom is 0.328 e. The Hall–Kier alpha value is -2.19. The summed E-state index contributed by atoms with van der Waals surface area (Å²) in [5.41, 5.74) is 0.735. The molecule has 0 unspecified atom stereocenters. The van der Waals surface area contributed by atoms with Crippen LogP contribution in [-0.4, -0.2) is 22.6 Å². The van der Waals surface area contributed by atoms with Gasteiger partial charge in [-0.05, 0) is 81.3 Å². The maximum absolute atomic E-state index is 12.8. The lowest BCUT2D eigenvalue weighted by Crippen LogP contribution is -1.97. The molecule has 1 N–H and O–H groups in total. The second-order valence-electron chi connectivity index (χ2n) is 4.85. The molecule has 0 heterocycles. The lowest BCUT2D eigenvalue weighted by Gasteiger charge is -1.97. The van der Waals surface area contributed by atoms with Crippen LogP contribution in [0.15, 0.2) is 57.5 Å². The molecule has 2 rings (SSSR count). The van der Waals surface area contributed by atoms with Crippen LogP contribution in [0.25, 0.3) is 0 Å². The van der Waals surface area contributed by atoms with Crippen molar-refractivity contribution in [3.63, 3.8) is 0 Å². The van der Waals surface area contributed by atoms with Gasteiger partial charge in [0.1, 0.15) is 11.6 Å². The fraction of sp³-hybridized carbons (Fsp3) is 0.150. The summed E-state index contributed by atoms with van der Waals surface area (Å²) in [4.78, 5) is 32.2. The van der Waals surface area contributed by atoms with Gasteiger partial charge in [0.25, 0.3) is 0 Å². The van der Waals surface area contributed by atoms with Gasteiger partial charge in [-0.1, -0.05) is 14.9 Å². The van der Waals surface area contributed by atoms with Crippen LogP contribution in [0.2, 0.25) is 0 Å². The molecule has 0 aliphatic rings. The first-order chi connectivity index (χ1) is 12.1. The van der Waals surface area contributed by atoms with Gasteiger partial charge >= 0.3 is 5.97 Å². The number of carboxylic acid groups (broad SMARTS) is 1. The summed E-state index contributed by atoms with van der Waals surface area (Å²) in [6.07, 6.45) is 1.65. The molecule has 2 aromatic rings. The quantitative estimate of drug-likeness (QED) is 0.369. The van der Waals surface area contributed by atoms with Crippen molar-refractivity contribution in [2.75, 3.05) is 0 Å². The van der Waals surface area contributed by atoms with Gasteiger partial charge in [-0.15, -0.1) is 0 Å². The zero-order valence-electron chi connectivity index (χ0n) is 13.3. The normalized spacial score (nSPS) is 9.46. The summed E-state index contributed by atoms with van der Waals surface area (Å²) in [7, 11) is 0. The molecule has 0 amide bonds. The minimum absolute atomic E-state index is 0. The number of allylic oxidation sites excluding steroid dienone is 1. The molecular weight excluding hydrogens is 502 g/mol. The van der Waals surface area contributed by atoms with E-state index in [9.17, 15) is 23.2 Å². The smallest absolute Gasteiger partial charge is 0.328 e. The van der Waals surface area contributed by atoms with Gasteiger partial charge in [-0.3, -0.25) is 9.59 Å². The molecule has 4 nitrogen and oxygen atoms in total. The Kier molecular flexibility index (Phi) is 13.1. The van der Waals surface area contributed by atoms with Crippen molar-refractivity contribution in [2.24, 2.45) is 0 Å². The van der Waals surface area contributed by atoms with E-state index in [1.54, 1.807) is 0 Å². The summed E-state index contributed by atoms with van der Waals surface area (Å²) < 4.78 is 25.9. The molecule has 152 valence electrons. The summed E-state index contributed by atoms with van der Waals surface area (Å²) in [6, 6.07) is 7.91. The van der Waals surface area contributed by atoms with E-state index < -0.39 is 17.6 Å². The molecule has 0 aliphatic carbocycles. The van der Waals surface area contributed by atoms with E-state index in [1.165, 1.54) is 37.3 Å². The molecule has 0 aromatic heterocycles. The summed E-state index contributed by atoms with van der Waals surface area (Å²) in [5, 5.41) is 8.30. The summed E-state index contributed by atoms with van der Waals surface area (Å²) in [5.74, 6) is -2.59. The van der Waals surface area contributed by atoms with Gasteiger partial charge < -0.3 is 5.11 Å².